The highest BCUT2D eigenvalue weighted by molar-refractivity contribution is 5.75. The van der Waals surface area contributed by atoms with Crippen LogP contribution in [0, 0.1) is 27.3 Å². The van der Waals surface area contributed by atoms with Gasteiger partial charge in [-0.05, 0) is 44.2 Å². The number of nitro benzene ring substituents is 1. The summed E-state index contributed by atoms with van der Waals surface area (Å²) in [5.74, 6) is -1.58. The third-order valence-corrected chi connectivity index (χ3v) is 3.76. The predicted octanol–water partition coefficient (Wildman–Crippen LogP) is 2.78. The van der Waals surface area contributed by atoms with E-state index in [9.17, 15) is 24.4 Å². The Hall–Kier alpha value is -1.98. The fourth-order valence-corrected chi connectivity index (χ4v) is 2.38. The first kappa shape index (κ1) is 13.5. The molecule has 1 saturated carbocycles. The topological polar surface area (TPSA) is 80.4 Å². The van der Waals surface area contributed by atoms with Gasteiger partial charge in [0.1, 0.15) is 5.82 Å². The minimum atomic E-state index is -1.07. The van der Waals surface area contributed by atoms with Gasteiger partial charge in [0.2, 0.25) is 0 Å². The molecule has 102 valence electrons. The summed E-state index contributed by atoms with van der Waals surface area (Å²) in [5.41, 5.74) is -1.16. The number of hydrogen-bond acceptors (Lipinski definition) is 3. The number of nitro groups is 1. The largest absolute Gasteiger partial charge is 0.481 e. The van der Waals surface area contributed by atoms with E-state index < -0.39 is 22.1 Å². The fraction of sp³-hybridized carbons (Fsp3) is 0.462. The third-order valence-electron chi connectivity index (χ3n) is 3.76. The molecule has 0 heterocycles. The second-order valence-corrected chi connectivity index (χ2v) is 5.20. The molecule has 5 nitrogen and oxygen atoms in total. The molecule has 1 atom stereocenters. The summed E-state index contributed by atoms with van der Waals surface area (Å²) in [6.45, 7) is 1.57. The SMILES string of the molecule is CC(Cc1cc(F)ccc1[N+](=O)[O-])(C(=O)O)C1CC1. The highest BCUT2D eigenvalue weighted by Crippen LogP contribution is 2.48. The molecule has 0 spiro atoms. The van der Waals surface area contributed by atoms with Crippen molar-refractivity contribution in [3.8, 4) is 0 Å². The zero-order valence-corrected chi connectivity index (χ0v) is 10.4. The van der Waals surface area contributed by atoms with E-state index in [0.717, 1.165) is 31.0 Å². The fourth-order valence-electron chi connectivity index (χ4n) is 2.38. The molecule has 1 aromatic rings. The molecule has 1 unspecified atom stereocenters. The van der Waals surface area contributed by atoms with Crippen LogP contribution in [-0.4, -0.2) is 16.0 Å². The molecule has 0 saturated heterocycles. The lowest BCUT2D eigenvalue weighted by Gasteiger charge is -2.24. The molecular formula is C13H14FNO4. The number of rotatable bonds is 5. The van der Waals surface area contributed by atoms with Gasteiger partial charge >= 0.3 is 5.97 Å². The molecule has 1 aliphatic carbocycles. The van der Waals surface area contributed by atoms with Crippen LogP contribution in [-0.2, 0) is 11.2 Å². The summed E-state index contributed by atoms with van der Waals surface area (Å²) in [7, 11) is 0. The van der Waals surface area contributed by atoms with Crippen LogP contribution < -0.4 is 0 Å². The Bertz CT molecular complexity index is 541. The van der Waals surface area contributed by atoms with Crippen molar-refractivity contribution in [2.24, 2.45) is 11.3 Å². The monoisotopic (exact) mass is 267 g/mol. The number of carbonyl (C=O) groups is 1. The minimum Gasteiger partial charge on any atom is -0.481 e. The first-order chi connectivity index (χ1) is 8.84. The second kappa shape index (κ2) is 4.60. The molecule has 0 aromatic heterocycles. The van der Waals surface area contributed by atoms with E-state index >= 15 is 0 Å². The Kier molecular flexibility index (Phi) is 3.26. The van der Waals surface area contributed by atoms with Crippen LogP contribution in [0.4, 0.5) is 10.1 Å². The van der Waals surface area contributed by atoms with Gasteiger partial charge in [-0.3, -0.25) is 14.9 Å². The van der Waals surface area contributed by atoms with Crippen LogP contribution in [0.15, 0.2) is 18.2 Å². The first-order valence-electron chi connectivity index (χ1n) is 6.01. The van der Waals surface area contributed by atoms with Crippen molar-refractivity contribution in [1.82, 2.24) is 0 Å². The molecule has 6 heteroatoms. The van der Waals surface area contributed by atoms with Gasteiger partial charge in [0.15, 0.2) is 0 Å². The average Bonchev–Trinajstić information content (AvgIpc) is 3.12. The van der Waals surface area contributed by atoms with Crippen LogP contribution in [0.25, 0.3) is 0 Å². The smallest absolute Gasteiger partial charge is 0.309 e. The van der Waals surface area contributed by atoms with Gasteiger partial charge < -0.3 is 5.11 Å². The Balaban J connectivity index is 2.38. The molecule has 1 fully saturated rings. The maximum Gasteiger partial charge on any atom is 0.309 e. The summed E-state index contributed by atoms with van der Waals surface area (Å²) in [6.07, 6.45) is 1.57. The summed E-state index contributed by atoms with van der Waals surface area (Å²) < 4.78 is 13.2. The van der Waals surface area contributed by atoms with Crippen molar-refractivity contribution >= 4 is 11.7 Å². The van der Waals surface area contributed by atoms with Gasteiger partial charge in [0.05, 0.1) is 10.3 Å². The van der Waals surface area contributed by atoms with E-state index in [-0.39, 0.29) is 23.6 Å². The summed E-state index contributed by atoms with van der Waals surface area (Å²) in [4.78, 5) is 21.7. The number of benzene rings is 1. The molecule has 1 aliphatic rings. The van der Waals surface area contributed by atoms with Crippen molar-refractivity contribution in [2.75, 3.05) is 0 Å². The number of hydrogen-bond donors (Lipinski definition) is 1. The zero-order chi connectivity index (χ0) is 14.2. The zero-order valence-electron chi connectivity index (χ0n) is 10.4. The third kappa shape index (κ3) is 2.57. The highest BCUT2D eigenvalue weighted by atomic mass is 19.1. The maximum absolute atomic E-state index is 13.2. The number of halogens is 1. The van der Waals surface area contributed by atoms with Crippen molar-refractivity contribution in [2.45, 2.75) is 26.2 Å². The van der Waals surface area contributed by atoms with Crippen LogP contribution in [0.5, 0.6) is 0 Å². The Labute approximate surface area is 109 Å². The number of nitrogens with zero attached hydrogens (tertiary/aromatic N) is 1. The van der Waals surface area contributed by atoms with E-state index in [1.54, 1.807) is 6.92 Å². The van der Waals surface area contributed by atoms with Gasteiger partial charge in [-0.2, -0.15) is 0 Å². The van der Waals surface area contributed by atoms with Gasteiger partial charge in [-0.1, -0.05) is 0 Å². The van der Waals surface area contributed by atoms with Gasteiger partial charge in [-0.15, -0.1) is 0 Å². The molecule has 0 amide bonds. The van der Waals surface area contributed by atoms with Crippen molar-refractivity contribution in [3.05, 3.63) is 39.7 Å². The average molecular weight is 267 g/mol. The van der Waals surface area contributed by atoms with E-state index in [2.05, 4.69) is 0 Å². The highest BCUT2D eigenvalue weighted by Gasteiger charge is 2.48. The summed E-state index contributed by atoms with van der Waals surface area (Å²) in [5, 5.41) is 20.2. The van der Waals surface area contributed by atoms with Crippen molar-refractivity contribution in [3.63, 3.8) is 0 Å². The molecule has 0 radical (unpaired) electrons. The Morgan fingerprint density at radius 2 is 2.21 bits per heavy atom. The molecular weight excluding hydrogens is 253 g/mol. The Morgan fingerprint density at radius 1 is 1.58 bits per heavy atom. The molecule has 2 rings (SSSR count). The van der Waals surface area contributed by atoms with Crippen LogP contribution in [0.1, 0.15) is 25.3 Å². The standard InChI is InChI=1S/C13H14FNO4/c1-13(12(16)17,9-2-3-9)7-8-6-10(14)4-5-11(8)15(18)19/h4-6,9H,2-3,7H2,1H3,(H,16,17). The number of carboxylic acid groups (broad SMARTS) is 1. The molecule has 19 heavy (non-hydrogen) atoms. The van der Waals surface area contributed by atoms with Crippen molar-refractivity contribution in [1.29, 1.82) is 0 Å². The van der Waals surface area contributed by atoms with E-state index in [0.29, 0.717) is 0 Å². The lowest BCUT2D eigenvalue weighted by Crippen LogP contribution is -2.32. The van der Waals surface area contributed by atoms with Crippen LogP contribution in [0.2, 0.25) is 0 Å². The van der Waals surface area contributed by atoms with Crippen LogP contribution in [0.3, 0.4) is 0 Å². The lowest BCUT2D eigenvalue weighted by atomic mass is 9.78. The van der Waals surface area contributed by atoms with Gasteiger partial charge in [-0.25, -0.2) is 4.39 Å². The van der Waals surface area contributed by atoms with E-state index in [1.807, 2.05) is 0 Å². The predicted molar refractivity (Wildman–Crippen MR) is 65.2 cm³/mol. The first-order valence-corrected chi connectivity index (χ1v) is 6.01. The number of aliphatic carboxylic acids is 1. The molecule has 1 N–H and O–H groups in total. The normalized spacial score (nSPS) is 17.8. The van der Waals surface area contributed by atoms with Gasteiger partial charge in [0, 0.05) is 11.6 Å². The maximum atomic E-state index is 13.2. The van der Waals surface area contributed by atoms with Crippen molar-refractivity contribution < 1.29 is 19.2 Å². The minimum absolute atomic E-state index is 0.00729. The molecule has 1 aromatic carbocycles. The van der Waals surface area contributed by atoms with Crippen LogP contribution >= 0.6 is 0 Å². The summed E-state index contributed by atoms with van der Waals surface area (Å²) >= 11 is 0. The summed E-state index contributed by atoms with van der Waals surface area (Å²) in [6, 6.07) is 3.15. The molecule has 0 aliphatic heterocycles. The molecule has 0 bridgehead atoms. The quantitative estimate of drug-likeness (QED) is 0.657. The number of carboxylic acids is 1. The van der Waals surface area contributed by atoms with Gasteiger partial charge in [0.25, 0.3) is 5.69 Å². The lowest BCUT2D eigenvalue weighted by molar-refractivity contribution is -0.385. The van der Waals surface area contributed by atoms with E-state index in [1.165, 1.54) is 0 Å². The van der Waals surface area contributed by atoms with E-state index in [4.69, 9.17) is 0 Å². The second-order valence-electron chi connectivity index (χ2n) is 5.20. The Morgan fingerprint density at radius 3 is 2.68 bits per heavy atom.